The number of pyridine rings is 2. The van der Waals surface area contributed by atoms with Gasteiger partial charge in [-0.2, -0.15) is 23.5 Å². The Hall–Kier alpha value is -8.89. The third kappa shape index (κ3) is 11.5. The molecule has 0 N–H and O–H groups in total. The van der Waals surface area contributed by atoms with Crippen LogP contribution in [0.15, 0.2) is 267 Å². The minimum atomic E-state index is -3.05. The number of nitrogens with zero attached hydrogens (tertiary/aromatic N) is 5. The molecule has 1 unspecified atom stereocenters. The largest absolute Gasteiger partial charge is 0.319 e. The number of hydrogen-bond donors (Lipinski definition) is 0. The zero-order valence-corrected chi connectivity index (χ0v) is 56.8. The topological polar surface area (TPSA) is 39.5 Å². The van der Waals surface area contributed by atoms with E-state index >= 15 is 0 Å². The van der Waals surface area contributed by atoms with Gasteiger partial charge in [0.25, 0.3) is 6.33 Å². The van der Waals surface area contributed by atoms with Crippen molar-refractivity contribution >= 4 is 80.8 Å². The molecule has 5 nitrogen and oxygen atoms in total. The Kier molecular flexibility index (Phi) is 14.7. The van der Waals surface area contributed by atoms with Crippen molar-refractivity contribution in [3.63, 3.8) is 0 Å². The molecule has 91 heavy (non-hydrogen) atoms. The van der Waals surface area contributed by atoms with Gasteiger partial charge in [-0.05, 0) is 117 Å². The predicted molar refractivity (Wildman–Crippen MR) is 381 cm³/mol. The van der Waals surface area contributed by atoms with Crippen LogP contribution in [-0.4, -0.2) is 27.2 Å². The number of aromatic nitrogens is 5. The average molecular weight is 1400 g/mol. The molecule has 0 aliphatic rings. The second kappa shape index (κ2) is 24.4. The van der Waals surface area contributed by atoms with Crippen molar-refractivity contribution in [2.45, 2.75) is 78.6 Å². The summed E-state index contributed by atoms with van der Waals surface area (Å²) < 4.78 is 50.9. The van der Waals surface area contributed by atoms with Gasteiger partial charge in [0.05, 0.1) is 29.4 Å². The van der Waals surface area contributed by atoms with Crippen LogP contribution in [0, 0.1) is 18.5 Å². The summed E-state index contributed by atoms with van der Waals surface area (Å²) in [5.74, 6) is 1.30. The second-order valence-corrected chi connectivity index (χ2v) is 31.6. The van der Waals surface area contributed by atoms with Gasteiger partial charge < -0.3 is 4.57 Å². The molecule has 0 amide bonds. The van der Waals surface area contributed by atoms with Gasteiger partial charge in [-0.25, -0.2) is 11.1 Å². The minimum absolute atomic E-state index is 0. The molecule has 1 atom stereocenters. The van der Waals surface area contributed by atoms with Crippen molar-refractivity contribution in [2.75, 3.05) is 0 Å². The fraction of sp³-hybridized carbons (Fsp3) is 0.145. The van der Waals surface area contributed by atoms with E-state index < -0.39 is 26.2 Å². The fourth-order valence-corrected chi connectivity index (χ4v) is 18.6. The molecule has 14 rings (SSSR count). The summed E-state index contributed by atoms with van der Waals surface area (Å²) in [4.78, 5) is 10.1. The maximum atomic E-state index is 9.24. The number of benzene rings is 10. The summed E-state index contributed by atoms with van der Waals surface area (Å²) in [7, 11) is -2.93. The molecule has 450 valence electrons. The molecule has 0 aliphatic heterocycles. The van der Waals surface area contributed by atoms with Crippen molar-refractivity contribution in [1.82, 2.24) is 19.1 Å². The number of rotatable bonds is 12. The zero-order chi connectivity index (χ0) is 66.3. The summed E-state index contributed by atoms with van der Waals surface area (Å²) >= 11 is 0. The van der Waals surface area contributed by atoms with Gasteiger partial charge >= 0.3 is 0 Å². The van der Waals surface area contributed by atoms with E-state index in [1.807, 2.05) is 41.2 Å². The number of para-hydroxylation sites is 1. The van der Waals surface area contributed by atoms with E-state index in [0.29, 0.717) is 16.9 Å². The number of imidazole rings is 1. The van der Waals surface area contributed by atoms with Crippen LogP contribution in [-0.2, 0) is 37.3 Å². The van der Waals surface area contributed by atoms with Crippen molar-refractivity contribution in [3.05, 3.63) is 302 Å². The van der Waals surface area contributed by atoms with Crippen LogP contribution in [0.3, 0.4) is 0 Å². The average Bonchev–Trinajstić information content (AvgIpc) is 0.877. The molecule has 0 saturated carbocycles. The quantitative estimate of drug-likeness (QED) is 0.0402. The fourth-order valence-electron chi connectivity index (χ4n) is 12.8. The van der Waals surface area contributed by atoms with Gasteiger partial charge in [-0.3, -0.25) is 14.1 Å². The Bertz CT molecular complexity index is 5180. The standard InChI is InChI=1S/C83H72N5PSi.Pt/c1-81(2,3)61-30-24-28-59(48-61)72-51-63(83(7,8)9)52-73(60-29-25-37-69(49-60)90(66-31-16-11-17-32-66,67-33-18-12-19-34-67)68-35-20-13-21-36-68)80(72)87-56-86(77-50-58(40-43-75(77)87)57-26-14-10-15-27-57)78-55-65(45-47-84-78)89-64-41-42-71-70-38-22-23-39-74(70)88(76(71)54-64)79-53-62(44-46-85-79)82(4,5)6;/h10-53,89H,1-9H3;/q-2;/i10D,14D,15D,26D,27D;. The van der Waals surface area contributed by atoms with E-state index in [4.69, 9.17) is 14.1 Å². The smallest absolute Gasteiger partial charge is 0.269 e. The van der Waals surface area contributed by atoms with Crippen LogP contribution in [0.5, 0.6) is 0 Å². The summed E-state index contributed by atoms with van der Waals surface area (Å²) in [5, 5.41) is 9.11. The summed E-state index contributed by atoms with van der Waals surface area (Å²) in [6, 6.07) is 86.5. The van der Waals surface area contributed by atoms with Gasteiger partial charge in [0.1, 0.15) is 5.82 Å². The van der Waals surface area contributed by atoms with Crippen LogP contribution in [0.1, 0.15) is 85.9 Å². The second-order valence-electron chi connectivity index (χ2n) is 26.5. The van der Waals surface area contributed by atoms with E-state index in [-0.39, 0.29) is 63.5 Å². The third-order valence-corrected chi connectivity index (χ3v) is 23.4. The Balaban J connectivity index is 0.00000833. The van der Waals surface area contributed by atoms with Crippen molar-refractivity contribution in [2.24, 2.45) is 0 Å². The molecule has 8 heteroatoms. The van der Waals surface area contributed by atoms with E-state index in [2.05, 4.69) is 290 Å². The van der Waals surface area contributed by atoms with Crippen LogP contribution >= 0.6 is 8.58 Å². The maximum Gasteiger partial charge on any atom is 0.269 e. The Morgan fingerprint density at radius 2 is 1.02 bits per heavy atom. The van der Waals surface area contributed by atoms with E-state index in [1.165, 1.54) is 31.9 Å². The van der Waals surface area contributed by atoms with Crippen LogP contribution in [0.4, 0.5) is 0 Å². The van der Waals surface area contributed by atoms with Gasteiger partial charge in [-0.15, -0.1) is 25.3 Å². The number of fused-ring (bicyclic) bond motifs is 4. The first-order valence-electron chi connectivity index (χ1n) is 33.3. The molecule has 4 aromatic heterocycles. The molecule has 0 fully saturated rings. The monoisotopic (exact) mass is 1400 g/mol. The van der Waals surface area contributed by atoms with Crippen molar-refractivity contribution < 1.29 is 32.5 Å². The first-order chi connectivity index (χ1) is 45.6. The molecule has 0 radical (unpaired) electrons. The maximum absolute atomic E-state index is 9.24. The molecule has 14 aromatic rings. The molecule has 0 aliphatic carbocycles. The third-order valence-electron chi connectivity index (χ3n) is 17.5. The predicted octanol–water partition coefficient (Wildman–Crippen LogP) is 16.1. The van der Waals surface area contributed by atoms with Gasteiger partial charge in [0, 0.05) is 32.8 Å². The molecule has 0 saturated heterocycles. The van der Waals surface area contributed by atoms with Gasteiger partial charge in [-0.1, -0.05) is 286 Å². The van der Waals surface area contributed by atoms with E-state index in [0.717, 1.165) is 77.3 Å². The first-order valence-corrected chi connectivity index (χ1v) is 33.8. The Morgan fingerprint density at radius 1 is 0.451 bits per heavy atom. The molecule has 10 aromatic carbocycles. The molecular formula is C83H72N5PPtSi-2. The molecular weight excluding hydrogens is 1320 g/mol. The minimum Gasteiger partial charge on any atom is -0.319 e. The van der Waals surface area contributed by atoms with Gasteiger partial charge in [0.2, 0.25) is 0 Å². The van der Waals surface area contributed by atoms with E-state index in [1.54, 1.807) is 0 Å². The van der Waals surface area contributed by atoms with Crippen molar-refractivity contribution in [3.8, 4) is 50.7 Å². The van der Waals surface area contributed by atoms with Crippen LogP contribution in [0.25, 0.3) is 83.5 Å². The van der Waals surface area contributed by atoms with Crippen LogP contribution < -0.4 is 35.9 Å². The Morgan fingerprint density at radius 3 is 1.67 bits per heavy atom. The first kappa shape index (κ1) is 55.0. The SMILES string of the molecule is [2H]c1c([2H])c([2H])c(-c2ccc3c(c2)n(-c2[c-]c(Pc4[c-]c5c(cc4)c4ccccc4n5-c4cc(C(C)(C)C)ccn4)ccn2)[c-][n+]3-c2c(-c3cccc(C(C)(C)C)c3)cc(C(C)(C)C)cc2-c2cccc([Si](c3ccccc3)(c3ccccc3)c3ccccc3)c2)c([2H])c1[2H].[Pt]. The summed E-state index contributed by atoms with van der Waals surface area (Å²) in [5.41, 5.74) is 11.8. The zero-order valence-electron chi connectivity index (χ0n) is 57.6. The molecule has 0 spiro atoms. The van der Waals surface area contributed by atoms with E-state index in [9.17, 15) is 2.74 Å². The molecule has 4 heterocycles. The summed E-state index contributed by atoms with van der Waals surface area (Å²) in [6.07, 6.45) is 7.63. The number of hydrogen-bond acceptors (Lipinski definition) is 2. The molecule has 0 bridgehead atoms. The van der Waals surface area contributed by atoms with Gasteiger partial charge in [0.15, 0.2) is 8.07 Å². The van der Waals surface area contributed by atoms with Crippen molar-refractivity contribution in [1.29, 1.82) is 0 Å². The Labute approximate surface area is 560 Å². The van der Waals surface area contributed by atoms with Crippen LogP contribution in [0.2, 0.25) is 0 Å². The normalized spacial score (nSPS) is 13.1. The summed E-state index contributed by atoms with van der Waals surface area (Å²) in [6.45, 7) is 20.2.